The van der Waals surface area contributed by atoms with Crippen molar-refractivity contribution in [1.82, 2.24) is 4.90 Å². The lowest BCUT2D eigenvalue weighted by Crippen LogP contribution is -2.28. The first-order valence-corrected chi connectivity index (χ1v) is 9.34. The van der Waals surface area contributed by atoms with Gasteiger partial charge in [0.1, 0.15) is 28.5 Å². The highest BCUT2D eigenvalue weighted by molar-refractivity contribution is 7.91. The average molecular weight is 392 g/mol. The molecular formula is C18H27F3N2O2S. The third kappa shape index (κ3) is 6.57. The SMILES string of the molecule is CC(=N[S+]([O-])C(C)(C)C)c1cccc(C(F)(F)COCCN(C)C)c1F. The van der Waals surface area contributed by atoms with E-state index in [9.17, 15) is 17.7 Å². The molecule has 0 spiro atoms. The van der Waals surface area contributed by atoms with E-state index >= 15 is 0 Å². The second-order valence-corrected chi connectivity index (χ2v) is 9.17. The standard InChI is InChI=1S/C18H27F3N2O2S/c1-13(22-26(24)17(2,3)4)14-8-7-9-15(16(14)19)18(20,21)12-25-11-10-23(5)6/h7-9H,10-12H2,1-6H3. The summed E-state index contributed by atoms with van der Waals surface area (Å²) < 4.78 is 63.8. The van der Waals surface area contributed by atoms with E-state index < -0.39 is 40.0 Å². The number of ether oxygens (including phenoxy) is 1. The van der Waals surface area contributed by atoms with Crippen molar-refractivity contribution < 1.29 is 22.5 Å². The fourth-order valence-electron chi connectivity index (χ4n) is 1.93. The summed E-state index contributed by atoms with van der Waals surface area (Å²) in [5.74, 6) is -4.54. The minimum Gasteiger partial charge on any atom is -0.591 e. The summed E-state index contributed by atoms with van der Waals surface area (Å²) in [4.78, 5) is 1.80. The van der Waals surface area contributed by atoms with Crippen molar-refractivity contribution in [2.24, 2.45) is 4.40 Å². The summed E-state index contributed by atoms with van der Waals surface area (Å²) >= 11 is -1.61. The third-order valence-electron chi connectivity index (χ3n) is 3.49. The summed E-state index contributed by atoms with van der Waals surface area (Å²) in [5, 5.41) is 0. The number of nitrogens with zero attached hydrogens (tertiary/aromatic N) is 2. The van der Waals surface area contributed by atoms with Gasteiger partial charge in [-0.15, -0.1) is 0 Å². The largest absolute Gasteiger partial charge is 0.591 e. The van der Waals surface area contributed by atoms with Crippen LogP contribution in [-0.2, 0) is 22.0 Å². The zero-order chi connectivity index (χ0) is 20.1. The van der Waals surface area contributed by atoms with E-state index in [1.165, 1.54) is 19.1 Å². The molecule has 1 rings (SSSR count). The normalized spacial score (nSPS) is 14.8. The Hall–Kier alpha value is -1.09. The van der Waals surface area contributed by atoms with Crippen molar-refractivity contribution >= 4 is 17.1 Å². The molecular weight excluding hydrogens is 365 g/mol. The Balaban J connectivity index is 3.03. The molecule has 8 heteroatoms. The fourth-order valence-corrected chi connectivity index (χ4v) is 2.55. The highest BCUT2D eigenvalue weighted by atomic mass is 32.2. The second kappa shape index (κ2) is 9.21. The molecule has 0 radical (unpaired) electrons. The van der Waals surface area contributed by atoms with E-state index in [4.69, 9.17) is 4.74 Å². The number of alkyl halides is 2. The molecule has 0 fully saturated rings. The van der Waals surface area contributed by atoms with Gasteiger partial charge in [0.05, 0.1) is 17.9 Å². The topological polar surface area (TPSA) is 47.9 Å². The number of benzene rings is 1. The maximum atomic E-state index is 14.7. The molecule has 1 atom stereocenters. The summed E-state index contributed by atoms with van der Waals surface area (Å²) in [6.07, 6.45) is 0. The Labute approximate surface area is 156 Å². The van der Waals surface area contributed by atoms with Gasteiger partial charge in [-0.1, -0.05) is 16.5 Å². The molecule has 0 aliphatic carbocycles. The maximum Gasteiger partial charge on any atom is 0.298 e. The maximum absolute atomic E-state index is 14.7. The number of hydrogen-bond acceptors (Lipinski definition) is 4. The van der Waals surface area contributed by atoms with Gasteiger partial charge in [-0.05, 0) is 47.9 Å². The number of hydrogen-bond donors (Lipinski definition) is 0. The van der Waals surface area contributed by atoms with Crippen LogP contribution in [0.1, 0.15) is 38.8 Å². The zero-order valence-corrected chi connectivity index (χ0v) is 16.9. The molecule has 1 unspecified atom stereocenters. The van der Waals surface area contributed by atoms with Crippen molar-refractivity contribution in [1.29, 1.82) is 0 Å². The van der Waals surface area contributed by atoms with Crippen LogP contribution in [-0.4, -0.2) is 53.8 Å². The number of rotatable bonds is 8. The molecule has 0 amide bonds. The number of halogens is 3. The van der Waals surface area contributed by atoms with Crippen molar-refractivity contribution in [3.05, 3.63) is 35.1 Å². The lowest BCUT2D eigenvalue weighted by molar-refractivity contribution is -0.0861. The van der Waals surface area contributed by atoms with E-state index in [-0.39, 0.29) is 17.9 Å². The van der Waals surface area contributed by atoms with Crippen LogP contribution in [0.25, 0.3) is 0 Å². The Morgan fingerprint density at radius 3 is 2.42 bits per heavy atom. The smallest absolute Gasteiger partial charge is 0.298 e. The van der Waals surface area contributed by atoms with Gasteiger partial charge in [0.2, 0.25) is 0 Å². The molecule has 0 N–H and O–H groups in total. The Morgan fingerprint density at radius 2 is 1.88 bits per heavy atom. The van der Waals surface area contributed by atoms with E-state index in [1.807, 2.05) is 0 Å². The van der Waals surface area contributed by atoms with Gasteiger partial charge in [-0.25, -0.2) is 4.39 Å². The van der Waals surface area contributed by atoms with E-state index in [2.05, 4.69) is 4.40 Å². The van der Waals surface area contributed by atoms with Crippen LogP contribution in [0.15, 0.2) is 22.6 Å². The summed E-state index contributed by atoms with van der Waals surface area (Å²) in [6, 6.07) is 3.71. The van der Waals surface area contributed by atoms with Gasteiger partial charge in [0.25, 0.3) is 5.92 Å². The quantitative estimate of drug-likeness (QED) is 0.384. The minimum atomic E-state index is -3.48. The second-order valence-electron chi connectivity index (χ2n) is 7.27. The molecule has 1 aromatic rings. The molecule has 0 aliphatic rings. The van der Waals surface area contributed by atoms with Crippen LogP contribution in [0.3, 0.4) is 0 Å². The zero-order valence-electron chi connectivity index (χ0n) is 16.1. The molecule has 148 valence electrons. The molecule has 4 nitrogen and oxygen atoms in total. The lowest BCUT2D eigenvalue weighted by atomic mass is 10.0. The van der Waals surface area contributed by atoms with E-state index in [0.717, 1.165) is 6.07 Å². The van der Waals surface area contributed by atoms with Crippen LogP contribution in [0.5, 0.6) is 0 Å². The van der Waals surface area contributed by atoms with E-state index in [0.29, 0.717) is 6.54 Å². The van der Waals surface area contributed by atoms with Crippen molar-refractivity contribution in [3.63, 3.8) is 0 Å². The highest BCUT2D eigenvalue weighted by Gasteiger charge is 2.36. The third-order valence-corrected chi connectivity index (χ3v) is 4.98. The van der Waals surface area contributed by atoms with Crippen LogP contribution >= 0.6 is 0 Å². The molecule has 0 saturated heterocycles. The summed E-state index contributed by atoms with van der Waals surface area (Å²) in [5.41, 5.74) is -0.731. The van der Waals surface area contributed by atoms with Gasteiger partial charge >= 0.3 is 0 Å². The van der Waals surface area contributed by atoms with Crippen LogP contribution < -0.4 is 0 Å². The molecule has 0 aromatic heterocycles. The predicted octanol–water partition coefficient (Wildman–Crippen LogP) is 3.77. The van der Waals surface area contributed by atoms with Crippen molar-refractivity contribution in [2.75, 3.05) is 33.9 Å². The molecule has 0 heterocycles. The molecule has 0 aliphatic heterocycles. The Kier molecular flexibility index (Phi) is 8.13. The summed E-state index contributed by atoms with van der Waals surface area (Å²) in [7, 11) is 3.60. The summed E-state index contributed by atoms with van der Waals surface area (Å²) in [6.45, 7) is 6.34. The first-order chi connectivity index (χ1) is 11.9. The fraction of sp³-hybridized carbons (Fsp3) is 0.611. The van der Waals surface area contributed by atoms with Crippen molar-refractivity contribution in [2.45, 2.75) is 38.4 Å². The van der Waals surface area contributed by atoms with E-state index in [1.54, 1.807) is 39.8 Å². The monoisotopic (exact) mass is 392 g/mol. The van der Waals surface area contributed by atoms with Gasteiger partial charge in [-0.3, -0.25) is 0 Å². The van der Waals surface area contributed by atoms with Gasteiger partial charge in [-0.2, -0.15) is 8.78 Å². The first kappa shape index (κ1) is 23.0. The highest BCUT2D eigenvalue weighted by Crippen LogP contribution is 2.32. The van der Waals surface area contributed by atoms with Gasteiger partial charge < -0.3 is 14.2 Å². The van der Waals surface area contributed by atoms with Crippen LogP contribution in [0.2, 0.25) is 0 Å². The predicted molar refractivity (Wildman–Crippen MR) is 99.8 cm³/mol. The molecule has 0 saturated carbocycles. The molecule has 1 aromatic carbocycles. The number of likely N-dealkylation sites (N-methyl/N-ethyl adjacent to an activating group) is 1. The van der Waals surface area contributed by atoms with Crippen LogP contribution in [0, 0.1) is 5.82 Å². The van der Waals surface area contributed by atoms with Crippen molar-refractivity contribution in [3.8, 4) is 0 Å². The van der Waals surface area contributed by atoms with Gasteiger partial charge in [0, 0.05) is 12.1 Å². The van der Waals surface area contributed by atoms with Gasteiger partial charge in [0.15, 0.2) is 0 Å². The molecule has 0 bridgehead atoms. The average Bonchev–Trinajstić information content (AvgIpc) is 2.50. The van der Waals surface area contributed by atoms with Crippen LogP contribution in [0.4, 0.5) is 13.2 Å². The molecule has 26 heavy (non-hydrogen) atoms. The lowest BCUT2D eigenvalue weighted by Gasteiger charge is -2.20. The Morgan fingerprint density at radius 1 is 1.27 bits per heavy atom. The minimum absolute atomic E-state index is 0.0898. The Bertz CT molecular complexity index is 631. The first-order valence-electron chi connectivity index (χ1n) is 8.23.